The van der Waals surface area contributed by atoms with Crippen LogP contribution in [0.5, 0.6) is 0 Å². The molecule has 86 heavy (non-hydrogen) atoms. The van der Waals surface area contributed by atoms with Gasteiger partial charge in [0.15, 0.2) is 6.10 Å². The van der Waals surface area contributed by atoms with E-state index in [-0.39, 0.29) is 32.0 Å². The zero-order valence-electron chi connectivity index (χ0n) is 58.0. The van der Waals surface area contributed by atoms with Crippen molar-refractivity contribution in [2.24, 2.45) is 0 Å². The van der Waals surface area contributed by atoms with Crippen molar-refractivity contribution in [2.75, 3.05) is 47.5 Å². The van der Waals surface area contributed by atoms with E-state index in [9.17, 15) is 19.0 Å². The first-order valence-corrected chi connectivity index (χ1v) is 39.2. The van der Waals surface area contributed by atoms with Crippen LogP contribution in [0.25, 0.3) is 0 Å². The number of phosphoric acid groups is 1. The van der Waals surface area contributed by atoms with E-state index in [0.717, 1.165) is 70.6 Å². The second-order valence-electron chi connectivity index (χ2n) is 27.0. The predicted octanol–water partition coefficient (Wildman–Crippen LogP) is 24.0. The summed E-state index contributed by atoms with van der Waals surface area (Å²) in [6.07, 6.45) is 87.0. The highest BCUT2D eigenvalue weighted by Crippen LogP contribution is 2.38. The number of allylic oxidation sites excluding steroid dienone is 6. The number of ether oxygens (including phenoxy) is 2. The molecule has 0 aliphatic carbocycles. The molecular weight excluding hydrogens is 1090 g/mol. The Balaban J connectivity index is 3.86. The van der Waals surface area contributed by atoms with Gasteiger partial charge in [0.2, 0.25) is 0 Å². The van der Waals surface area contributed by atoms with Gasteiger partial charge in [0.25, 0.3) is 7.82 Å². The second-order valence-corrected chi connectivity index (χ2v) is 28.4. The standard InChI is InChI=1S/C76H146NO8P/c1-6-8-10-12-14-16-18-20-22-24-26-28-29-30-31-32-33-34-35-36-37-38-39-40-41-42-43-44-45-46-47-49-50-52-54-56-58-60-62-64-66-68-75(78)82-72-74(73-84-86(80,81)83-71-70-77(3,4)5)85-76(79)69-67-65-63-61-59-57-55-53-51-48-27-25-23-21-19-17-15-13-11-9-7-2/h19,21,25,27,51,53,74H,6-18,20,22-24,26,28-50,52,54-73H2,1-5H3/b21-19-,27-25-,53-51-. The van der Waals surface area contributed by atoms with Crippen LogP contribution in [0.4, 0.5) is 0 Å². The summed E-state index contributed by atoms with van der Waals surface area (Å²) < 4.78 is 34.3. The van der Waals surface area contributed by atoms with E-state index in [1.54, 1.807) is 0 Å². The molecular formula is C76H146NO8P. The van der Waals surface area contributed by atoms with Crippen LogP contribution in [0.1, 0.15) is 386 Å². The molecule has 2 unspecified atom stereocenters. The first-order valence-electron chi connectivity index (χ1n) is 37.7. The van der Waals surface area contributed by atoms with Crippen molar-refractivity contribution in [2.45, 2.75) is 392 Å². The third-order valence-corrected chi connectivity index (χ3v) is 18.1. The first-order chi connectivity index (χ1) is 42.0. The Hall–Kier alpha value is -1.77. The zero-order valence-corrected chi connectivity index (χ0v) is 58.9. The number of unbranched alkanes of at least 4 members (excludes halogenated alkanes) is 51. The Kier molecular flexibility index (Phi) is 66.2. The van der Waals surface area contributed by atoms with E-state index in [2.05, 4.69) is 50.3 Å². The summed E-state index contributed by atoms with van der Waals surface area (Å²) in [5.74, 6) is -0.830. The second kappa shape index (κ2) is 67.6. The van der Waals surface area contributed by atoms with Crippen LogP contribution in [0, 0.1) is 0 Å². The molecule has 0 spiro atoms. The number of esters is 2. The number of rotatable bonds is 71. The van der Waals surface area contributed by atoms with Crippen molar-refractivity contribution >= 4 is 19.8 Å². The van der Waals surface area contributed by atoms with Gasteiger partial charge in [-0.15, -0.1) is 0 Å². The maximum atomic E-state index is 12.8. The Morgan fingerprint density at radius 3 is 0.930 bits per heavy atom. The fourth-order valence-electron chi connectivity index (χ4n) is 11.4. The third kappa shape index (κ3) is 71.3. The molecule has 0 amide bonds. The molecule has 0 N–H and O–H groups in total. The molecule has 10 heteroatoms. The molecule has 0 aromatic heterocycles. The van der Waals surface area contributed by atoms with Gasteiger partial charge in [0, 0.05) is 12.8 Å². The lowest BCUT2D eigenvalue weighted by Gasteiger charge is -2.28. The van der Waals surface area contributed by atoms with Crippen LogP contribution in [-0.4, -0.2) is 70.0 Å². The smallest absolute Gasteiger partial charge is 0.306 e. The first kappa shape index (κ1) is 84.2. The quantitative estimate of drug-likeness (QED) is 0.0195. The maximum Gasteiger partial charge on any atom is 0.306 e. The Bertz CT molecular complexity index is 1540. The molecule has 9 nitrogen and oxygen atoms in total. The summed E-state index contributed by atoms with van der Waals surface area (Å²) in [7, 11) is 1.17. The van der Waals surface area contributed by atoms with Gasteiger partial charge in [-0.25, -0.2) is 0 Å². The van der Waals surface area contributed by atoms with Gasteiger partial charge in [0.05, 0.1) is 27.7 Å². The molecule has 0 rings (SSSR count). The van der Waals surface area contributed by atoms with Crippen LogP contribution >= 0.6 is 7.82 Å². The lowest BCUT2D eigenvalue weighted by Crippen LogP contribution is -2.37. The summed E-state index contributed by atoms with van der Waals surface area (Å²) in [6, 6.07) is 0. The van der Waals surface area contributed by atoms with E-state index in [4.69, 9.17) is 18.5 Å². The highest BCUT2D eigenvalue weighted by Gasteiger charge is 2.22. The molecule has 0 aromatic rings. The van der Waals surface area contributed by atoms with Crippen molar-refractivity contribution in [3.63, 3.8) is 0 Å². The monoisotopic (exact) mass is 1230 g/mol. The molecule has 508 valence electrons. The van der Waals surface area contributed by atoms with Gasteiger partial charge in [-0.05, 0) is 51.4 Å². The van der Waals surface area contributed by atoms with Crippen LogP contribution in [0.3, 0.4) is 0 Å². The number of carbonyl (C=O) groups excluding carboxylic acids is 2. The topological polar surface area (TPSA) is 111 Å². The van der Waals surface area contributed by atoms with E-state index in [0.29, 0.717) is 17.4 Å². The average molecular weight is 1230 g/mol. The summed E-state index contributed by atoms with van der Waals surface area (Å²) in [6.45, 7) is 4.27. The van der Waals surface area contributed by atoms with Crippen LogP contribution in [0.15, 0.2) is 36.5 Å². The number of nitrogens with zero attached hydrogens (tertiary/aromatic N) is 1. The van der Waals surface area contributed by atoms with Gasteiger partial charge in [-0.2, -0.15) is 0 Å². The van der Waals surface area contributed by atoms with Gasteiger partial charge in [-0.1, -0.05) is 359 Å². The van der Waals surface area contributed by atoms with Gasteiger partial charge >= 0.3 is 11.9 Å². The molecule has 0 aliphatic heterocycles. The summed E-state index contributed by atoms with van der Waals surface area (Å²) in [5.41, 5.74) is 0. The largest absolute Gasteiger partial charge is 0.756 e. The normalized spacial score (nSPS) is 13.2. The summed E-state index contributed by atoms with van der Waals surface area (Å²) in [4.78, 5) is 38.0. The summed E-state index contributed by atoms with van der Waals surface area (Å²) >= 11 is 0. The van der Waals surface area contributed by atoms with Crippen molar-refractivity contribution in [1.29, 1.82) is 0 Å². The number of phosphoric ester groups is 1. The fraction of sp³-hybridized carbons (Fsp3) is 0.895. The lowest BCUT2D eigenvalue weighted by atomic mass is 10.0. The minimum Gasteiger partial charge on any atom is -0.756 e. The Morgan fingerprint density at radius 1 is 0.360 bits per heavy atom. The third-order valence-electron chi connectivity index (χ3n) is 17.2. The molecule has 0 heterocycles. The number of hydrogen-bond donors (Lipinski definition) is 0. The van der Waals surface area contributed by atoms with Gasteiger partial charge in [0.1, 0.15) is 19.8 Å². The molecule has 2 atom stereocenters. The SMILES string of the molecule is CCCCCCC/C=C\C/C=C\C/C=C\CCCCCCCCC(=O)OC(COC(=O)CCCCCCCCCCCCCCCCCCCCCCCCCCCCCCCCCCCCCCCCCCC)COP(=O)([O-])OCC[N+](C)(C)C. The highest BCUT2D eigenvalue weighted by atomic mass is 31.2. The van der Waals surface area contributed by atoms with E-state index in [1.165, 1.54) is 283 Å². The highest BCUT2D eigenvalue weighted by molar-refractivity contribution is 7.45. The van der Waals surface area contributed by atoms with Crippen molar-refractivity contribution in [3.05, 3.63) is 36.5 Å². The molecule has 0 saturated heterocycles. The number of hydrogen-bond acceptors (Lipinski definition) is 8. The van der Waals surface area contributed by atoms with Gasteiger partial charge < -0.3 is 27.9 Å². The molecule has 0 bridgehead atoms. The maximum absolute atomic E-state index is 12.8. The van der Waals surface area contributed by atoms with Crippen molar-refractivity contribution in [1.82, 2.24) is 0 Å². The average Bonchev–Trinajstić information content (AvgIpc) is 3.67. The molecule has 0 aliphatic rings. The van der Waals surface area contributed by atoms with E-state index < -0.39 is 26.5 Å². The van der Waals surface area contributed by atoms with Crippen LogP contribution in [0.2, 0.25) is 0 Å². The van der Waals surface area contributed by atoms with E-state index in [1.807, 2.05) is 21.1 Å². The predicted molar refractivity (Wildman–Crippen MR) is 370 cm³/mol. The van der Waals surface area contributed by atoms with Crippen LogP contribution < -0.4 is 4.89 Å². The van der Waals surface area contributed by atoms with E-state index >= 15 is 0 Å². The molecule has 0 saturated carbocycles. The molecule has 0 aromatic carbocycles. The summed E-state index contributed by atoms with van der Waals surface area (Å²) in [5, 5.41) is 0. The van der Waals surface area contributed by atoms with Crippen molar-refractivity contribution < 1.29 is 42.1 Å². The Morgan fingerprint density at radius 2 is 0.628 bits per heavy atom. The zero-order chi connectivity index (χ0) is 62.6. The van der Waals surface area contributed by atoms with Gasteiger partial charge in [-0.3, -0.25) is 14.2 Å². The molecule has 0 radical (unpaired) electrons. The minimum absolute atomic E-state index is 0.0323. The van der Waals surface area contributed by atoms with Crippen molar-refractivity contribution in [3.8, 4) is 0 Å². The molecule has 0 fully saturated rings. The number of quaternary nitrogens is 1. The minimum atomic E-state index is -4.64. The van der Waals surface area contributed by atoms with Crippen LogP contribution in [-0.2, 0) is 32.7 Å². The lowest BCUT2D eigenvalue weighted by molar-refractivity contribution is -0.870. The fourth-order valence-corrected chi connectivity index (χ4v) is 12.1. The Labute approximate surface area is 535 Å². The number of likely N-dealkylation sites (N-methyl/N-ethyl adjacent to an activating group) is 1. The number of carbonyl (C=O) groups is 2.